The molecule has 0 bridgehead atoms. The van der Waals surface area contributed by atoms with Crippen molar-refractivity contribution in [2.24, 2.45) is 4.99 Å². The van der Waals surface area contributed by atoms with Crippen molar-refractivity contribution in [3.8, 4) is 0 Å². The number of hydrogen-bond acceptors (Lipinski definition) is 6. The molecule has 2 heterocycles. The van der Waals surface area contributed by atoms with Crippen LogP contribution in [0.3, 0.4) is 0 Å². The molecule has 1 saturated heterocycles. The highest BCUT2D eigenvalue weighted by atomic mass is 16.6. The van der Waals surface area contributed by atoms with E-state index in [0.717, 1.165) is 17.1 Å². The van der Waals surface area contributed by atoms with Gasteiger partial charge in [0.1, 0.15) is 5.60 Å². The minimum Gasteiger partial charge on any atom is -0.444 e. The quantitative estimate of drug-likeness (QED) is 0.845. The molecule has 3 rings (SSSR count). The van der Waals surface area contributed by atoms with Crippen molar-refractivity contribution in [2.75, 3.05) is 32.7 Å². The van der Waals surface area contributed by atoms with Crippen LogP contribution in [-0.2, 0) is 4.74 Å². The number of aliphatic imine (C=N–C) groups is 1. The number of benzene rings is 1. The molecule has 2 aliphatic heterocycles. The van der Waals surface area contributed by atoms with Gasteiger partial charge in [-0.15, -0.1) is 0 Å². The maximum atomic E-state index is 12.3. The minimum atomic E-state index is -0.588. The number of aliphatic hydroxyl groups excluding tert-OH is 1. The first-order chi connectivity index (χ1) is 12.7. The van der Waals surface area contributed by atoms with Crippen molar-refractivity contribution in [3.63, 3.8) is 0 Å². The highest BCUT2D eigenvalue weighted by Gasteiger charge is 2.36. The van der Waals surface area contributed by atoms with Gasteiger partial charge in [0.2, 0.25) is 0 Å². The molecular formula is C20H30N4O3. The predicted octanol–water partition coefficient (Wildman–Crippen LogP) is 1.91. The highest BCUT2D eigenvalue weighted by Crippen LogP contribution is 2.19. The Morgan fingerprint density at radius 2 is 2.19 bits per heavy atom. The third-order valence-corrected chi connectivity index (χ3v) is 4.74. The van der Waals surface area contributed by atoms with Gasteiger partial charge in [-0.1, -0.05) is 29.8 Å². The second kappa shape index (κ2) is 7.76. The molecule has 7 nitrogen and oxygen atoms in total. The zero-order chi connectivity index (χ0) is 19.6. The summed E-state index contributed by atoms with van der Waals surface area (Å²) in [6.45, 7) is 10.6. The van der Waals surface area contributed by atoms with Crippen LogP contribution in [0.5, 0.6) is 0 Å². The summed E-state index contributed by atoms with van der Waals surface area (Å²) in [5.74, 6) is 0.801. The Bertz CT molecular complexity index is 713. The van der Waals surface area contributed by atoms with Crippen LogP contribution in [0, 0.1) is 6.92 Å². The second-order valence-electron chi connectivity index (χ2n) is 8.25. The molecular weight excluding hydrogens is 344 g/mol. The lowest BCUT2D eigenvalue weighted by molar-refractivity contribution is 0.0137. The molecule has 1 fully saturated rings. The molecule has 0 radical (unpaired) electrons. The molecule has 1 aromatic carbocycles. The number of fused-ring (bicyclic) bond motifs is 1. The first kappa shape index (κ1) is 19.5. The van der Waals surface area contributed by atoms with Gasteiger partial charge in [-0.05, 0) is 33.3 Å². The lowest BCUT2D eigenvalue weighted by Gasteiger charge is -2.39. The molecule has 1 aromatic rings. The number of aryl methyl sites for hydroxylation is 1. The van der Waals surface area contributed by atoms with Crippen LogP contribution in [0.1, 0.15) is 38.0 Å². The number of nitrogens with zero attached hydrogens (tertiary/aromatic N) is 3. The summed E-state index contributed by atoms with van der Waals surface area (Å²) in [6, 6.07) is 8.04. The average Bonchev–Trinajstić information content (AvgIpc) is 3.00. The molecule has 2 atom stereocenters. The van der Waals surface area contributed by atoms with E-state index in [0.29, 0.717) is 32.7 Å². The largest absolute Gasteiger partial charge is 0.444 e. The molecule has 0 spiro atoms. The number of rotatable bonds is 3. The Kier molecular flexibility index (Phi) is 5.60. The fourth-order valence-electron chi connectivity index (χ4n) is 3.41. The maximum absolute atomic E-state index is 12.3. The van der Waals surface area contributed by atoms with Crippen molar-refractivity contribution in [2.45, 2.75) is 45.4 Å². The van der Waals surface area contributed by atoms with E-state index in [2.05, 4.69) is 15.2 Å². The van der Waals surface area contributed by atoms with Crippen LogP contribution in [0.2, 0.25) is 0 Å². The molecule has 0 aliphatic carbocycles. The first-order valence-corrected chi connectivity index (χ1v) is 9.50. The number of nitrogens with one attached hydrogen (secondary N) is 1. The second-order valence-corrected chi connectivity index (χ2v) is 8.25. The first-order valence-electron chi connectivity index (χ1n) is 9.50. The zero-order valence-electron chi connectivity index (χ0n) is 16.6. The third kappa shape index (κ3) is 4.91. The van der Waals surface area contributed by atoms with E-state index in [4.69, 9.17) is 4.74 Å². The van der Waals surface area contributed by atoms with E-state index in [1.54, 1.807) is 4.90 Å². The van der Waals surface area contributed by atoms with E-state index in [-0.39, 0.29) is 12.1 Å². The lowest BCUT2D eigenvalue weighted by atomic mass is 10.1. The van der Waals surface area contributed by atoms with Gasteiger partial charge < -0.3 is 25.0 Å². The van der Waals surface area contributed by atoms with Crippen LogP contribution in [-0.4, -0.2) is 71.3 Å². The summed E-state index contributed by atoms with van der Waals surface area (Å²) >= 11 is 0. The summed E-state index contributed by atoms with van der Waals surface area (Å²) in [4.78, 5) is 20.8. The van der Waals surface area contributed by atoms with Crippen LogP contribution >= 0.6 is 0 Å². The highest BCUT2D eigenvalue weighted by molar-refractivity contribution is 5.82. The number of carbonyl (C=O) groups excluding carboxylic acids is 1. The molecule has 0 aromatic heterocycles. The smallest absolute Gasteiger partial charge is 0.410 e. The fraction of sp³-hybridized carbons (Fsp3) is 0.600. The van der Waals surface area contributed by atoms with Gasteiger partial charge in [-0.3, -0.25) is 4.99 Å². The number of aliphatic hydroxyl groups is 1. The van der Waals surface area contributed by atoms with Crippen molar-refractivity contribution in [1.82, 2.24) is 15.1 Å². The Morgan fingerprint density at radius 1 is 1.41 bits per heavy atom. The predicted molar refractivity (Wildman–Crippen MR) is 105 cm³/mol. The molecule has 148 valence electrons. The minimum absolute atomic E-state index is 0.157. The van der Waals surface area contributed by atoms with Crippen molar-refractivity contribution < 1.29 is 14.6 Å². The summed E-state index contributed by atoms with van der Waals surface area (Å²) in [7, 11) is 0. The molecule has 2 unspecified atom stereocenters. The van der Waals surface area contributed by atoms with Crippen LogP contribution in [0.4, 0.5) is 4.79 Å². The molecule has 1 amide bonds. The topological polar surface area (TPSA) is 77.4 Å². The number of amides is 1. The van der Waals surface area contributed by atoms with Gasteiger partial charge in [0, 0.05) is 26.2 Å². The van der Waals surface area contributed by atoms with Gasteiger partial charge in [0.05, 0.1) is 18.7 Å². The van der Waals surface area contributed by atoms with E-state index < -0.39 is 11.7 Å². The third-order valence-electron chi connectivity index (χ3n) is 4.74. The standard InChI is InChI=1S/C20H30N4O3/c1-14-6-5-7-15(10-14)17(25)12-22-18-21-11-16-13-23(8-9-24(16)18)19(26)27-20(2,3)4/h5-7,10,16-17,25H,8-9,11-13H2,1-4H3,(H,21,22). The number of hydrogen-bond donors (Lipinski definition) is 2. The van der Waals surface area contributed by atoms with Crippen molar-refractivity contribution in [1.29, 1.82) is 0 Å². The summed E-state index contributed by atoms with van der Waals surface area (Å²) in [6.07, 6.45) is -0.854. The lowest BCUT2D eigenvalue weighted by Crippen LogP contribution is -2.57. The molecule has 0 saturated carbocycles. The summed E-state index contributed by atoms with van der Waals surface area (Å²) in [5, 5.41) is 13.7. The van der Waals surface area contributed by atoms with Gasteiger partial charge in [0.25, 0.3) is 0 Å². The van der Waals surface area contributed by atoms with E-state index in [9.17, 15) is 9.90 Å². The maximum Gasteiger partial charge on any atom is 0.410 e. The van der Waals surface area contributed by atoms with Gasteiger partial charge in [0.15, 0.2) is 5.96 Å². The number of carbonyl (C=O) groups is 1. The summed E-state index contributed by atoms with van der Waals surface area (Å²) in [5.41, 5.74) is 1.54. The molecule has 2 N–H and O–H groups in total. The molecule has 2 aliphatic rings. The van der Waals surface area contributed by atoms with Crippen LogP contribution in [0.15, 0.2) is 29.3 Å². The average molecular weight is 374 g/mol. The van der Waals surface area contributed by atoms with Gasteiger partial charge in [-0.2, -0.15) is 0 Å². The normalized spacial score (nSPS) is 20.8. The van der Waals surface area contributed by atoms with Crippen molar-refractivity contribution >= 4 is 12.1 Å². The number of ether oxygens (including phenoxy) is 1. The Hall–Kier alpha value is -2.28. The molecule has 27 heavy (non-hydrogen) atoms. The number of guanidine groups is 1. The Balaban J connectivity index is 1.51. The summed E-state index contributed by atoms with van der Waals surface area (Å²) < 4.78 is 5.47. The van der Waals surface area contributed by atoms with Gasteiger partial charge >= 0.3 is 6.09 Å². The van der Waals surface area contributed by atoms with E-state index >= 15 is 0 Å². The fourth-order valence-corrected chi connectivity index (χ4v) is 3.41. The van der Waals surface area contributed by atoms with Crippen LogP contribution in [0.25, 0.3) is 0 Å². The Morgan fingerprint density at radius 3 is 2.89 bits per heavy atom. The zero-order valence-corrected chi connectivity index (χ0v) is 16.6. The number of piperazine rings is 1. The molecule has 7 heteroatoms. The van der Waals surface area contributed by atoms with Gasteiger partial charge in [-0.25, -0.2) is 4.79 Å². The SMILES string of the molecule is Cc1cccc(C(O)CNC2=NCC3CN(C(=O)OC(C)(C)C)CCN23)c1. The van der Waals surface area contributed by atoms with E-state index in [1.807, 2.05) is 52.0 Å². The van der Waals surface area contributed by atoms with E-state index in [1.165, 1.54) is 0 Å². The van der Waals surface area contributed by atoms with Crippen LogP contribution < -0.4 is 5.32 Å². The Labute approximate surface area is 161 Å². The van der Waals surface area contributed by atoms with Crippen molar-refractivity contribution in [3.05, 3.63) is 35.4 Å². The monoisotopic (exact) mass is 374 g/mol.